The number of halogens is 1. The first-order chi connectivity index (χ1) is 12.6. The van der Waals surface area contributed by atoms with Crippen LogP contribution in [0.15, 0.2) is 42.5 Å². The maximum atomic E-state index is 12.0. The predicted octanol–water partition coefficient (Wildman–Crippen LogP) is 5.34. The van der Waals surface area contributed by atoms with Crippen molar-refractivity contribution in [2.45, 2.75) is 6.92 Å². The number of methoxy groups -OCH3 is 1. The van der Waals surface area contributed by atoms with Gasteiger partial charge in [0.2, 0.25) is 5.28 Å². The molecule has 0 spiro atoms. The lowest BCUT2D eigenvalue weighted by atomic mass is 10.1. The minimum absolute atomic E-state index is 0.123. The number of rotatable bonds is 3. The quantitative estimate of drug-likeness (QED) is 0.382. The number of nitrogens with one attached hydrogen (secondary N) is 1. The molecule has 0 bridgehead atoms. The molecule has 0 aliphatic carbocycles. The number of ether oxygens (including phenoxy) is 1. The van der Waals surface area contributed by atoms with Crippen LogP contribution >= 0.6 is 22.9 Å². The van der Waals surface area contributed by atoms with Crippen molar-refractivity contribution in [1.82, 2.24) is 9.97 Å². The number of aromatic nitrogens is 2. The molecule has 0 radical (unpaired) electrons. The van der Waals surface area contributed by atoms with Crippen LogP contribution in [-0.4, -0.2) is 23.0 Å². The van der Waals surface area contributed by atoms with Crippen molar-refractivity contribution in [1.29, 1.82) is 0 Å². The molecule has 2 aromatic carbocycles. The molecule has 26 heavy (non-hydrogen) atoms. The Morgan fingerprint density at radius 1 is 1.15 bits per heavy atom. The average molecular weight is 384 g/mol. The van der Waals surface area contributed by atoms with E-state index in [2.05, 4.69) is 15.3 Å². The van der Waals surface area contributed by atoms with Crippen molar-refractivity contribution in [2.24, 2.45) is 0 Å². The van der Waals surface area contributed by atoms with Crippen LogP contribution in [0.25, 0.3) is 21.0 Å². The Labute approximate surface area is 158 Å². The van der Waals surface area contributed by atoms with Gasteiger partial charge in [0.15, 0.2) is 0 Å². The van der Waals surface area contributed by atoms with E-state index in [1.54, 1.807) is 0 Å². The van der Waals surface area contributed by atoms with Crippen LogP contribution in [0.4, 0.5) is 11.5 Å². The summed E-state index contributed by atoms with van der Waals surface area (Å²) in [5, 5.41) is 6.44. The van der Waals surface area contributed by atoms with E-state index in [-0.39, 0.29) is 5.28 Å². The Hall–Kier alpha value is -2.70. The molecule has 0 amide bonds. The smallest absolute Gasteiger partial charge is 0.348 e. The fourth-order valence-electron chi connectivity index (χ4n) is 2.95. The van der Waals surface area contributed by atoms with E-state index in [1.807, 2.05) is 49.4 Å². The van der Waals surface area contributed by atoms with Crippen molar-refractivity contribution >= 4 is 61.4 Å². The summed E-state index contributed by atoms with van der Waals surface area (Å²) >= 11 is 7.36. The highest BCUT2D eigenvalue weighted by atomic mass is 35.5. The second-order valence-corrected chi connectivity index (χ2v) is 7.06. The highest BCUT2D eigenvalue weighted by Gasteiger charge is 2.21. The topological polar surface area (TPSA) is 64.1 Å². The molecule has 0 atom stereocenters. The fourth-order valence-corrected chi connectivity index (χ4v) is 4.27. The van der Waals surface area contributed by atoms with Crippen LogP contribution < -0.4 is 5.32 Å². The lowest BCUT2D eigenvalue weighted by Gasteiger charge is -2.11. The molecule has 0 unspecified atom stereocenters. The highest BCUT2D eigenvalue weighted by Crippen LogP contribution is 2.37. The van der Waals surface area contributed by atoms with E-state index in [4.69, 9.17) is 16.3 Å². The van der Waals surface area contributed by atoms with Gasteiger partial charge in [0.1, 0.15) is 15.5 Å². The molecule has 0 fully saturated rings. The zero-order chi connectivity index (χ0) is 18.3. The lowest BCUT2D eigenvalue weighted by molar-refractivity contribution is 0.0605. The lowest BCUT2D eigenvalue weighted by Crippen LogP contribution is -2.00. The standard InChI is InChI=1S/C19H14ClN3O2S/c1-10-14-16(21-13-9-5-7-11-6-3-4-8-12(11)13)22-19(20)23-17(14)26-15(10)18(24)25-2/h3-9H,1-2H3,(H,21,22,23). The molecular weight excluding hydrogens is 370 g/mol. The first kappa shape index (κ1) is 16.8. The van der Waals surface area contributed by atoms with E-state index in [0.29, 0.717) is 15.5 Å². The van der Waals surface area contributed by atoms with Gasteiger partial charge in [0, 0.05) is 11.1 Å². The molecule has 130 valence electrons. The van der Waals surface area contributed by atoms with Crippen molar-refractivity contribution < 1.29 is 9.53 Å². The first-order valence-electron chi connectivity index (χ1n) is 7.88. The minimum Gasteiger partial charge on any atom is -0.465 e. The van der Waals surface area contributed by atoms with Crippen molar-refractivity contribution in [3.05, 3.63) is 58.2 Å². The maximum Gasteiger partial charge on any atom is 0.348 e. The molecule has 0 aliphatic rings. The number of carbonyl (C=O) groups excluding carboxylic acids is 1. The van der Waals surface area contributed by atoms with Crippen LogP contribution in [0.3, 0.4) is 0 Å². The Kier molecular flexibility index (Phi) is 4.22. The molecule has 4 rings (SSSR count). The Morgan fingerprint density at radius 3 is 2.73 bits per heavy atom. The summed E-state index contributed by atoms with van der Waals surface area (Å²) in [5.41, 5.74) is 1.68. The fraction of sp³-hybridized carbons (Fsp3) is 0.105. The molecule has 2 aromatic heterocycles. The molecule has 5 nitrogen and oxygen atoms in total. The van der Waals surface area contributed by atoms with Gasteiger partial charge in [0.05, 0.1) is 12.5 Å². The monoisotopic (exact) mass is 383 g/mol. The predicted molar refractivity (Wildman–Crippen MR) is 106 cm³/mol. The zero-order valence-corrected chi connectivity index (χ0v) is 15.6. The molecule has 7 heteroatoms. The third-order valence-electron chi connectivity index (χ3n) is 4.18. The molecule has 0 aliphatic heterocycles. The third kappa shape index (κ3) is 2.77. The zero-order valence-electron chi connectivity index (χ0n) is 14.0. The van der Waals surface area contributed by atoms with Crippen LogP contribution in [-0.2, 0) is 4.74 Å². The van der Waals surface area contributed by atoms with Crippen molar-refractivity contribution in [2.75, 3.05) is 12.4 Å². The van der Waals surface area contributed by atoms with Crippen LogP contribution in [0.1, 0.15) is 15.2 Å². The van der Waals surface area contributed by atoms with Gasteiger partial charge >= 0.3 is 5.97 Å². The van der Waals surface area contributed by atoms with Gasteiger partial charge in [-0.3, -0.25) is 0 Å². The van der Waals surface area contributed by atoms with Crippen LogP contribution in [0.5, 0.6) is 0 Å². The number of fused-ring (bicyclic) bond motifs is 2. The van der Waals surface area contributed by atoms with Crippen molar-refractivity contribution in [3.63, 3.8) is 0 Å². The Bertz CT molecular complexity index is 1150. The van der Waals surface area contributed by atoms with E-state index >= 15 is 0 Å². The van der Waals surface area contributed by atoms with E-state index in [1.165, 1.54) is 18.4 Å². The summed E-state index contributed by atoms with van der Waals surface area (Å²) in [6, 6.07) is 14.1. The van der Waals surface area contributed by atoms with Crippen LogP contribution in [0.2, 0.25) is 5.28 Å². The molecular formula is C19H14ClN3O2S. The van der Waals surface area contributed by atoms with Crippen LogP contribution in [0, 0.1) is 6.92 Å². The number of esters is 1. The van der Waals surface area contributed by atoms with Gasteiger partial charge in [-0.05, 0) is 35.5 Å². The van der Waals surface area contributed by atoms with Gasteiger partial charge < -0.3 is 10.1 Å². The second kappa shape index (κ2) is 6.55. The first-order valence-corrected chi connectivity index (χ1v) is 9.07. The van der Waals surface area contributed by atoms with E-state index in [0.717, 1.165) is 27.4 Å². The number of hydrogen-bond donors (Lipinski definition) is 1. The van der Waals surface area contributed by atoms with Gasteiger partial charge in [-0.15, -0.1) is 11.3 Å². The van der Waals surface area contributed by atoms with Gasteiger partial charge in [-0.2, -0.15) is 4.98 Å². The molecule has 1 N–H and O–H groups in total. The summed E-state index contributed by atoms with van der Waals surface area (Å²) in [5.74, 6) is 0.179. The molecule has 2 heterocycles. The number of hydrogen-bond acceptors (Lipinski definition) is 6. The summed E-state index contributed by atoms with van der Waals surface area (Å²) < 4.78 is 4.86. The van der Waals surface area contributed by atoms with Crippen molar-refractivity contribution in [3.8, 4) is 0 Å². The summed E-state index contributed by atoms with van der Waals surface area (Å²) in [4.78, 5) is 21.8. The van der Waals surface area contributed by atoms with Gasteiger partial charge in [-0.1, -0.05) is 36.4 Å². The van der Waals surface area contributed by atoms with Gasteiger partial charge in [-0.25, -0.2) is 9.78 Å². The Morgan fingerprint density at radius 2 is 1.92 bits per heavy atom. The third-order valence-corrected chi connectivity index (χ3v) is 5.51. The number of anilines is 2. The number of aryl methyl sites for hydroxylation is 1. The number of nitrogens with zero attached hydrogens (tertiary/aromatic N) is 2. The second-order valence-electron chi connectivity index (χ2n) is 5.72. The summed E-state index contributed by atoms with van der Waals surface area (Å²) in [6.07, 6.45) is 0. The Balaban J connectivity index is 1.91. The molecule has 0 saturated carbocycles. The average Bonchev–Trinajstić information content (AvgIpc) is 2.98. The normalized spacial score (nSPS) is 11.0. The number of thiophene rings is 1. The molecule has 0 saturated heterocycles. The maximum absolute atomic E-state index is 12.0. The number of benzene rings is 2. The largest absolute Gasteiger partial charge is 0.465 e. The van der Waals surface area contributed by atoms with E-state index < -0.39 is 5.97 Å². The highest BCUT2D eigenvalue weighted by molar-refractivity contribution is 7.20. The summed E-state index contributed by atoms with van der Waals surface area (Å²) in [6.45, 7) is 1.86. The summed E-state index contributed by atoms with van der Waals surface area (Å²) in [7, 11) is 1.36. The minimum atomic E-state index is -0.391. The number of carbonyl (C=O) groups is 1. The SMILES string of the molecule is COC(=O)c1sc2nc(Cl)nc(Nc3cccc4ccccc34)c2c1C. The molecule has 4 aromatic rings. The van der Waals surface area contributed by atoms with E-state index in [9.17, 15) is 4.79 Å². The van der Waals surface area contributed by atoms with Gasteiger partial charge in [0.25, 0.3) is 0 Å².